The molecule has 3 aliphatic heterocycles. The van der Waals surface area contributed by atoms with E-state index >= 15 is 0 Å². The van der Waals surface area contributed by atoms with Gasteiger partial charge in [0.05, 0.1) is 51.4 Å². The van der Waals surface area contributed by atoms with E-state index in [1.807, 2.05) is 182 Å². The Morgan fingerprint density at radius 1 is 0.456 bits per heavy atom. The van der Waals surface area contributed by atoms with Crippen LogP contribution in [0.1, 0.15) is 57.3 Å². The summed E-state index contributed by atoms with van der Waals surface area (Å²) >= 11 is 1.48. The van der Waals surface area contributed by atoms with Gasteiger partial charge >= 0.3 is 17.9 Å². The fourth-order valence-corrected chi connectivity index (χ4v) is 10.7. The number of hydrogen-bond donors (Lipinski definition) is 0. The van der Waals surface area contributed by atoms with Gasteiger partial charge in [0.2, 0.25) is 0 Å². The quantitative estimate of drug-likeness (QED) is 0.0441. The minimum Gasteiger partial charge on any atom is -0.463 e. The number of ether oxygens (including phenoxy) is 11. The molecule has 0 spiro atoms. The largest absolute Gasteiger partial charge is 0.463 e. The van der Waals surface area contributed by atoms with Gasteiger partial charge < -0.3 is 52.1 Å². The van der Waals surface area contributed by atoms with E-state index in [1.165, 1.54) is 11.8 Å². The SMILES string of the molecule is O=C(CCC(=O)O[C@H]1[C@H](OC(=O)c2ccccc2)[C@H](OCc2ccccc2)O[C@H]2CO[C@H](c3ccccc3)O[C@H]12)OC[C@@H]1O[C@@H](Sc2ccccc2)[C@H](OCc2ccccc2)[C@H](OCc2ccccc2)[C@H]1OCc1ccccc1. The van der Waals surface area contributed by atoms with Crippen molar-refractivity contribution in [2.24, 2.45) is 0 Å². The standard InChI is InChI=1S/C64H62O14S/c65-53(36-37-54(66)76-58-56-52(43-73-62(78-56)49-32-18-6-19-33-49)74-63(72-41-47-28-14-4-15-29-47)59(58)77-61(67)48-30-16-5-17-31-48)68-42-51-55(69-38-44-22-8-1-9-23-44)57(70-39-45-24-10-2-11-25-45)60(71-40-46-26-12-3-13-27-46)64(75-51)79-50-34-20-7-21-35-50/h1-35,51-52,55-60,62-64H,36-43H2/t51-,52-,55-,56-,57+,58+,59-,60+,62-,63+,64-/m0/s1. The lowest BCUT2D eigenvalue weighted by molar-refractivity contribution is -0.362. The maximum Gasteiger partial charge on any atom is 0.338 e. The summed E-state index contributed by atoms with van der Waals surface area (Å²) in [6, 6.07) is 66.5. The van der Waals surface area contributed by atoms with Crippen molar-refractivity contribution in [1.82, 2.24) is 0 Å². The number of hydrogen-bond acceptors (Lipinski definition) is 15. The van der Waals surface area contributed by atoms with Gasteiger partial charge in [-0.3, -0.25) is 9.59 Å². The third-order valence-electron chi connectivity index (χ3n) is 13.5. The Labute approximate surface area is 464 Å². The number of benzene rings is 7. The highest BCUT2D eigenvalue weighted by molar-refractivity contribution is 7.99. The van der Waals surface area contributed by atoms with Crippen LogP contribution in [0.4, 0.5) is 0 Å². The van der Waals surface area contributed by atoms with E-state index in [9.17, 15) is 14.4 Å². The van der Waals surface area contributed by atoms with Crippen molar-refractivity contribution >= 4 is 29.7 Å². The van der Waals surface area contributed by atoms with Gasteiger partial charge in [0.1, 0.15) is 48.7 Å². The first-order valence-corrected chi connectivity index (χ1v) is 27.4. The third-order valence-corrected chi connectivity index (χ3v) is 14.7. The fourth-order valence-electron chi connectivity index (χ4n) is 9.51. The van der Waals surface area contributed by atoms with Crippen molar-refractivity contribution in [3.05, 3.63) is 246 Å². The fraction of sp³-hybridized carbons (Fsp3) is 0.297. The van der Waals surface area contributed by atoms with Crippen molar-refractivity contribution in [1.29, 1.82) is 0 Å². The molecule has 0 N–H and O–H groups in total. The lowest BCUT2D eigenvalue weighted by Gasteiger charge is -2.48. The van der Waals surface area contributed by atoms with Crippen LogP contribution >= 0.6 is 11.8 Å². The molecule has 0 bridgehead atoms. The van der Waals surface area contributed by atoms with E-state index in [2.05, 4.69) is 0 Å². The van der Waals surface area contributed by atoms with Crippen molar-refractivity contribution in [2.45, 2.75) is 111 Å². The molecular weight excluding hydrogens is 1020 g/mol. The van der Waals surface area contributed by atoms with Gasteiger partial charge in [0, 0.05) is 10.5 Å². The average Bonchev–Trinajstić information content (AvgIpc) is 3.58. The Morgan fingerprint density at radius 3 is 1.51 bits per heavy atom. The van der Waals surface area contributed by atoms with Gasteiger partial charge in [-0.05, 0) is 46.5 Å². The molecule has 3 fully saturated rings. The van der Waals surface area contributed by atoms with Crippen molar-refractivity contribution in [2.75, 3.05) is 13.2 Å². The van der Waals surface area contributed by atoms with Gasteiger partial charge in [-0.15, -0.1) is 0 Å². The summed E-state index contributed by atoms with van der Waals surface area (Å²) in [6.45, 7) is 0.592. The molecule has 0 aliphatic carbocycles. The predicted molar refractivity (Wildman–Crippen MR) is 292 cm³/mol. The van der Waals surface area contributed by atoms with Crippen LogP contribution in [-0.2, 0) is 88.1 Å². The predicted octanol–water partition coefficient (Wildman–Crippen LogP) is 10.8. The molecule has 0 radical (unpaired) electrons. The molecule has 3 heterocycles. The minimum atomic E-state index is -1.32. The smallest absolute Gasteiger partial charge is 0.338 e. The number of thioether (sulfide) groups is 1. The minimum absolute atomic E-state index is 0.0389. The monoisotopic (exact) mass is 1090 g/mol. The van der Waals surface area contributed by atoms with E-state index in [-0.39, 0.29) is 51.6 Å². The maximum atomic E-state index is 14.2. The van der Waals surface area contributed by atoms with Crippen LogP contribution in [-0.4, -0.2) is 91.7 Å². The highest BCUT2D eigenvalue weighted by Crippen LogP contribution is 2.40. The summed E-state index contributed by atoms with van der Waals surface area (Å²) in [5.41, 5.74) is 4.01. The summed E-state index contributed by atoms with van der Waals surface area (Å²) in [4.78, 5) is 43.0. The van der Waals surface area contributed by atoms with Crippen LogP contribution in [0.15, 0.2) is 217 Å². The van der Waals surface area contributed by atoms with Gasteiger partial charge in [-0.1, -0.05) is 200 Å². The molecule has 0 aromatic heterocycles. The Kier molecular flexibility index (Phi) is 19.8. The molecule has 7 aromatic rings. The molecule has 0 unspecified atom stereocenters. The van der Waals surface area contributed by atoms with E-state index in [0.29, 0.717) is 0 Å². The first kappa shape index (κ1) is 55.3. The molecule has 79 heavy (non-hydrogen) atoms. The zero-order valence-electron chi connectivity index (χ0n) is 43.3. The average molecular weight is 1090 g/mol. The van der Waals surface area contributed by atoms with Gasteiger partial charge in [-0.25, -0.2) is 4.79 Å². The number of carbonyl (C=O) groups excluding carboxylic acids is 3. The third kappa shape index (κ3) is 15.4. The molecule has 3 aliphatic rings. The van der Waals surface area contributed by atoms with Crippen LogP contribution in [0.25, 0.3) is 0 Å². The highest BCUT2D eigenvalue weighted by Gasteiger charge is 2.55. The lowest BCUT2D eigenvalue weighted by Crippen LogP contribution is -2.64. The molecule has 0 saturated carbocycles. The van der Waals surface area contributed by atoms with Crippen LogP contribution in [0, 0.1) is 0 Å². The van der Waals surface area contributed by atoms with Crippen LogP contribution in [0.5, 0.6) is 0 Å². The van der Waals surface area contributed by atoms with E-state index in [1.54, 1.807) is 30.3 Å². The highest BCUT2D eigenvalue weighted by atomic mass is 32.2. The second-order valence-corrected chi connectivity index (χ2v) is 20.3. The van der Waals surface area contributed by atoms with Crippen molar-refractivity contribution < 1.29 is 66.5 Å². The summed E-state index contributed by atoms with van der Waals surface area (Å²) in [7, 11) is 0. The Morgan fingerprint density at radius 2 is 0.937 bits per heavy atom. The number of esters is 3. The Bertz CT molecular complexity index is 2950. The van der Waals surface area contributed by atoms with E-state index < -0.39 is 91.2 Å². The zero-order valence-corrected chi connectivity index (χ0v) is 44.2. The number of carbonyl (C=O) groups is 3. The summed E-state index contributed by atoms with van der Waals surface area (Å²) in [5, 5.41) is 0. The molecule has 408 valence electrons. The van der Waals surface area contributed by atoms with Crippen molar-refractivity contribution in [3.63, 3.8) is 0 Å². The lowest BCUT2D eigenvalue weighted by atomic mass is 9.97. The zero-order chi connectivity index (χ0) is 54.0. The molecule has 15 heteroatoms. The van der Waals surface area contributed by atoms with Crippen molar-refractivity contribution in [3.8, 4) is 0 Å². The van der Waals surface area contributed by atoms with Crippen LogP contribution < -0.4 is 0 Å². The Hall–Kier alpha value is -7.02. The summed E-state index contributed by atoms with van der Waals surface area (Å²) in [6.07, 6.45) is -10.3. The molecule has 0 amide bonds. The molecular formula is C64H62O14S. The van der Waals surface area contributed by atoms with Gasteiger partial charge in [-0.2, -0.15) is 0 Å². The summed E-state index contributed by atoms with van der Waals surface area (Å²) in [5.74, 6) is -2.16. The molecule has 7 aromatic carbocycles. The number of rotatable bonds is 23. The maximum absolute atomic E-state index is 14.2. The van der Waals surface area contributed by atoms with E-state index in [0.717, 1.165) is 32.7 Å². The summed E-state index contributed by atoms with van der Waals surface area (Å²) < 4.78 is 71.5. The second kappa shape index (κ2) is 28.2. The van der Waals surface area contributed by atoms with Crippen LogP contribution in [0.2, 0.25) is 0 Å². The Balaban J connectivity index is 0.881. The molecule has 11 atom stereocenters. The number of fused-ring (bicyclic) bond motifs is 1. The molecule has 3 saturated heterocycles. The molecule has 10 rings (SSSR count). The second-order valence-electron chi connectivity index (χ2n) is 19.1. The first-order valence-electron chi connectivity index (χ1n) is 26.5. The first-order chi connectivity index (χ1) is 38.9. The topological polar surface area (TPSA) is 153 Å². The normalized spacial score (nSPS) is 24.6. The van der Waals surface area contributed by atoms with Gasteiger partial charge in [0.15, 0.2) is 24.8 Å². The van der Waals surface area contributed by atoms with Gasteiger partial charge in [0.25, 0.3) is 0 Å². The molecule has 14 nitrogen and oxygen atoms in total. The van der Waals surface area contributed by atoms with Crippen LogP contribution in [0.3, 0.4) is 0 Å². The van der Waals surface area contributed by atoms with E-state index in [4.69, 9.17) is 52.1 Å².